The third kappa shape index (κ3) is 5.40. The highest BCUT2D eigenvalue weighted by Crippen LogP contribution is 2.44. The van der Waals surface area contributed by atoms with Crippen LogP contribution in [-0.4, -0.2) is 39.9 Å². The Hall–Kier alpha value is -3.74. The molecule has 190 valence electrons. The van der Waals surface area contributed by atoms with Crippen LogP contribution in [0.1, 0.15) is 53.1 Å². The highest BCUT2D eigenvalue weighted by Gasteiger charge is 2.34. The molecule has 0 fully saturated rings. The fourth-order valence-corrected chi connectivity index (χ4v) is 4.83. The molecule has 1 atom stereocenters. The Morgan fingerprint density at radius 2 is 2.06 bits per heavy atom. The fraction of sp³-hybridized carbons (Fsp3) is 0.379. The smallest absolute Gasteiger partial charge is 0.328 e. The lowest BCUT2D eigenvalue weighted by Gasteiger charge is -2.38. The zero-order valence-corrected chi connectivity index (χ0v) is 21.6. The van der Waals surface area contributed by atoms with Crippen molar-refractivity contribution in [2.75, 3.05) is 13.7 Å². The number of aliphatic carboxylic acids is 1. The van der Waals surface area contributed by atoms with Crippen LogP contribution in [0.3, 0.4) is 0 Å². The van der Waals surface area contributed by atoms with Gasteiger partial charge in [0, 0.05) is 42.6 Å². The quantitative estimate of drug-likeness (QED) is 0.398. The zero-order chi connectivity index (χ0) is 25.9. The van der Waals surface area contributed by atoms with Gasteiger partial charge in [-0.3, -0.25) is 0 Å². The van der Waals surface area contributed by atoms with Crippen molar-refractivity contribution in [2.45, 2.75) is 59.1 Å². The van der Waals surface area contributed by atoms with E-state index in [1.807, 2.05) is 29.0 Å². The average molecular weight is 491 g/mol. The second-order valence-corrected chi connectivity index (χ2v) is 9.65. The number of carboxylic acid groups (broad SMARTS) is 1. The summed E-state index contributed by atoms with van der Waals surface area (Å²) in [6, 6.07) is 5.82. The molecule has 7 heteroatoms. The first-order chi connectivity index (χ1) is 17.2. The molecule has 4 rings (SSSR count). The molecule has 3 aromatic rings. The monoisotopic (exact) mass is 490 g/mol. The third-order valence-electron chi connectivity index (χ3n) is 7.06. The molecule has 1 N–H and O–H groups in total. The van der Waals surface area contributed by atoms with Crippen molar-refractivity contribution in [3.05, 3.63) is 76.4 Å². The van der Waals surface area contributed by atoms with E-state index < -0.39 is 5.97 Å². The summed E-state index contributed by atoms with van der Waals surface area (Å²) >= 11 is 0. The minimum Gasteiger partial charge on any atom is -0.496 e. The Kier molecular flexibility index (Phi) is 7.38. The number of benzene rings is 2. The molecule has 7 nitrogen and oxygen atoms in total. The van der Waals surface area contributed by atoms with Gasteiger partial charge in [-0.2, -0.15) is 0 Å². The normalized spacial score (nSPS) is 17.0. The van der Waals surface area contributed by atoms with Gasteiger partial charge in [0.2, 0.25) is 0 Å². The van der Waals surface area contributed by atoms with Gasteiger partial charge < -0.3 is 23.9 Å². The number of hydrogen-bond acceptors (Lipinski definition) is 5. The van der Waals surface area contributed by atoms with Gasteiger partial charge in [0.05, 0.1) is 20.0 Å². The van der Waals surface area contributed by atoms with E-state index in [0.717, 1.165) is 58.2 Å². The van der Waals surface area contributed by atoms with E-state index in [1.165, 1.54) is 5.56 Å². The Balaban J connectivity index is 1.50. The molecular weight excluding hydrogens is 456 g/mol. The first-order valence-corrected chi connectivity index (χ1v) is 12.2. The lowest BCUT2D eigenvalue weighted by molar-refractivity contribution is -0.131. The van der Waals surface area contributed by atoms with Crippen molar-refractivity contribution in [3.8, 4) is 17.2 Å². The van der Waals surface area contributed by atoms with Gasteiger partial charge >= 0.3 is 5.97 Å². The Bertz CT molecular complexity index is 1280. The maximum atomic E-state index is 11.1. The van der Waals surface area contributed by atoms with Crippen LogP contribution < -0.4 is 14.2 Å². The maximum Gasteiger partial charge on any atom is 0.328 e. The molecule has 1 aliphatic heterocycles. The number of carboxylic acids is 1. The zero-order valence-electron chi connectivity index (χ0n) is 21.6. The number of methoxy groups -OCH3 is 1. The number of ether oxygens (including phenoxy) is 3. The molecule has 1 aromatic heterocycles. The molecule has 1 unspecified atom stereocenters. The van der Waals surface area contributed by atoms with Gasteiger partial charge in [-0.25, -0.2) is 9.78 Å². The summed E-state index contributed by atoms with van der Waals surface area (Å²) in [5, 5.41) is 9.08. The van der Waals surface area contributed by atoms with Crippen molar-refractivity contribution in [2.24, 2.45) is 0 Å². The number of imidazole rings is 1. The van der Waals surface area contributed by atoms with Crippen LogP contribution in [0.4, 0.5) is 0 Å². The number of aromatic nitrogens is 2. The summed E-state index contributed by atoms with van der Waals surface area (Å²) in [4.78, 5) is 15.2. The molecule has 0 saturated heterocycles. The minimum absolute atomic E-state index is 0.364. The first-order valence-electron chi connectivity index (χ1n) is 12.2. The number of carbonyl (C=O) groups is 1. The first kappa shape index (κ1) is 25.4. The van der Waals surface area contributed by atoms with E-state index in [4.69, 9.17) is 19.3 Å². The van der Waals surface area contributed by atoms with Crippen LogP contribution in [0.25, 0.3) is 6.08 Å². The highest BCUT2D eigenvalue weighted by molar-refractivity contribution is 5.85. The van der Waals surface area contributed by atoms with Crippen LogP contribution >= 0.6 is 0 Å². The van der Waals surface area contributed by atoms with Crippen molar-refractivity contribution in [1.29, 1.82) is 0 Å². The van der Waals surface area contributed by atoms with Crippen molar-refractivity contribution in [3.63, 3.8) is 0 Å². The Morgan fingerprint density at radius 1 is 1.25 bits per heavy atom. The van der Waals surface area contributed by atoms with Gasteiger partial charge in [0.1, 0.15) is 22.8 Å². The second-order valence-electron chi connectivity index (χ2n) is 9.65. The van der Waals surface area contributed by atoms with E-state index in [2.05, 4.69) is 32.7 Å². The molecule has 2 aromatic carbocycles. The van der Waals surface area contributed by atoms with Crippen LogP contribution in [-0.2, 0) is 17.8 Å². The van der Waals surface area contributed by atoms with E-state index in [1.54, 1.807) is 25.7 Å². The maximum absolute atomic E-state index is 11.1. The molecule has 36 heavy (non-hydrogen) atoms. The van der Waals surface area contributed by atoms with Gasteiger partial charge in [-0.1, -0.05) is 12.1 Å². The standard InChI is InChI=1S/C29H34N2O5/c1-19-20(2)28-24(21(3)27(19)34-5)10-11-29(4,36-28)12-15-35-25-16-22(17-31-14-13-30-18-31)6-7-23(25)8-9-26(32)33/h6-9,13-14,16,18H,10-12,15,17H2,1-5H3,(H,32,33)/b9-8+. The number of rotatable bonds is 9. The van der Waals surface area contributed by atoms with E-state index in [9.17, 15) is 4.79 Å². The molecule has 1 aliphatic rings. The largest absolute Gasteiger partial charge is 0.496 e. The number of hydrogen-bond donors (Lipinski definition) is 1. The minimum atomic E-state index is -0.997. The molecule has 0 radical (unpaired) electrons. The van der Waals surface area contributed by atoms with Gasteiger partial charge in [-0.15, -0.1) is 0 Å². The third-order valence-corrected chi connectivity index (χ3v) is 7.06. The SMILES string of the molecule is COc1c(C)c(C)c2c(c1C)CCC(C)(CCOc1cc(Cn3ccnc3)ccc1/C=C/C(=O)O)O2. The van der Waals surface area contributed by atoms with E-state index in [0.29, 0.717) is 25.3 Å². The molecule has 2 heterocycles. The van der Waals surface area contributed by atoms with Crippen LogP contribution in [0.5, 0.6) is 17.2 Å². The summed E-state index contributed by atoms with van der Waals surface area (Å²) in [6.45, 7) is 9.49. The molecule has 0 spiro atoms. The highest BCUT2D eigenvalue weighted by atomic mass is 16.5. The molecular formula is C29H34N2O5. The second kappa shape index (κ2) is 10.5. The topological polar surface area (TPSA) is 82.8 Å². The Morgan fingerprint density at radius 3 is 2.75 bits per heavy atom. The van der Waals surface area contributed by atoms with E-state index in [-0.39, 0.29) is 5.60 Å². The summed E-state index contributed by atoms with van der Waals surface area (Å²) in [7, 11) is 1.72. The van der Waals surface area contributed by atoms with Crippen molar-refractivity contribution in [1.82, 2.24) is 9.55 Å². The van der Waals surface area contributed by atoms with Gasteiger partial charge in [-0.05, 0) is 74.9 Å². The van der Waals surface area contributed by atoms with E-state index >= 15 is 0 Å². The molecule has 0 bridgehead atoms. The number of fused-ring (bicyclic) bond motifs is 1. The fourth-order valence-electron chi connectivity index (χ4n) is 4.83. The van der Waals surface area contributed by atoms with Gasteiger partial charge in [0.25, 0.3) is 0 Å². The molecule has 0 saturated carbocycles. The molecule has 0 amide bonds. The van der Waals surface area contributed by atoms with Crippen LogP contribution in [0.15, 0.2) is 43.0 Å². The predicted molar refractivity (Wildman–Crippen MR) is 139 cm³/mol. The van der Waals surface area contributed by atoms with Crippen molar-refractivity contribution >= 4 is 12.0 Å². The average Bonchev–Trinajstić information content (AvgIpc) is 3.35. The lowest BCUT2D eigenvalue weighted by atomic mass is 9.86. The lowest BCUT2D eigenvalue weighted by Crippen LogP contribution is -2.38. The summed E-state index contributed by atoms with van der Waals surface area (Å²) in [5.74, 6) is 1.56. The van der Waals surface area contributed by atoms with Gasteiger partial charge in [0.15, 0.2) is 0 Å². The predicted octanol–water partition coefficient (Wildman–Crippen LogP) is 5.52. The van der Waals surface area contributed by atoms with Crippen LogP contribution in [0, 0.1) is 20.8 Å². The van der Waals surface area contributed by atoms with Crippen LogP contribution in [0.2, 0.25) is 0 Å². The summed E-state index contributed by atoms with van der Waals surface area (Å²) < 4.78 is 20.5. The number of nitrogens with zero attached hydrogens (tertiary/aromatic N) is 2. The van der Waals surface area contributed by atoms with Crippen molar-refractivity contribution < 1.29 is 24.1 Å². The summed E-state index contributed by atoms with van der Waals surface area (Å²) in [6.07, 6.45) is 10.6. The molecule has 0 aliphatic carbocycles. The Labute approximate surface area is 212 Å². The summed E-state index contributed by atoms with van der Waals surface area (Å²) in [5.41, 5.74) is 6.00.